The van der Waals surface area contributed by atoms with Crippen LogP contribution >= 0.6 is 0 Å². The fourth-order valence-corrected chi connectivity index (χ4v) is 1.79. The molecular formula is C15H23NO3. The van der Waals surface area contributed by atoms with Crippen LogP contribution in [0.15, 0.2) is 24.3 Å². The number of rotatable bonds is 7. The molecule has 106 valence electrons. The van der Waals surface area contributed by atoms with Crippen molar-refractivity contribution >= 4 is 5.91 Å². The van der Waals surface area contributed by atoms with Crippen LogP contribution in [0, 0.1) is 0 Å². The van der Waals surface area contributed by atoms with Crippen LogP contribution in [0.2, 0.25) is 0 Å². The molecule has 0 heterocycles. The first-order valence-corrected chi connectivity index (χ1v) is 6.51. The van der Waals surface area contributed by atoms with E-state index in [1.165, 1.54) is 0 Å². The van der Waals surface area contributed by atoms with Gasteiger partial charge in [-0.1, -0.05) is 26.0 Å². The molecule has 1 amide bonds. The third kappa shape index (κ3) is 4.91. The molecule has 4 heteroatoms. The molecule has 0 saturated carbocycles. The number of benzene rings is 1. The molecule has 0 aliphatic carbocycles. The van der Waals surface area contributed by atoms with Crippen molar-refractivity contribution in [2.24, 2.45) is 0 Å². The molecule has 0 aliphatic heterocycles. The molecule has 0 aliphatic rings. The predicted octanol–water partition coefficient (Wildman–Crippen LogP) is 1.86. The van der Waals surface area contributed by atoms with Crippen molar-refractivity contribution in [2.75, 3.05) is 20.3 Å². The molecule has 0 saturated heterocycles. The Hall–Kier alpha value is -1.55. The Balaban J connectivity index is 2.56. The van der Waals surface area contributed by atoms with Crippen LogP contribution in [0.3, 0.4) is 0 Å². The standard InChI is InChI=1S/C15H23NO3/c1-15(2,11-16-14(18)5-4-10-17)12-6-8-13(19-3)9-7-12/h6-9,17H,4-5,10-11H2,1-3H3,(H,16,18). The first kappa shape index (κ1) is 15.5. The summed E-state index contributed by atoms with van der Waals surface area (Å²) in [5.41, 5.74) is 1.01. The van der Waals surface area contributed by atoms with Crippen molar-refractivity contribution < 1.29 is 14.6 Å². The zero-order valence-electron chi connectivity index (χ0n) is 11.9. The van der Waals surface area contributed by atoms with Gasteiger partial charge in [-0.2, -0.15) is 0 Å². The van der Waals surface area contributed by atoms with Gasteiger partial charge in [0.1, 0.15) is 5.75 Å². The van der Waals surface area contributed by atoms with Gasteiger partial charge >= 0.3 is 0 Å². The number of aliphatic hydroxyl groups is 1. The van der Waals surface area contributed by atoms with Crippen molar-refractivity contribution in [3.8, 4) is 5.75 Å². The molecule has 19 heavy (non-hydrogen) atoms. The molecular weight excluding hydrogens is 242 g/mol. The number of ether oxygens (including phenoxy) is 1. The van der Waals surface area contributed by atoms with E-state index < -0.39 is 0 Å². The number of hydrogen-bond acceptors (Lipinski definition) is 3. The third-order valence-corrected chi connectivity index (χ3v) is 3.16. The summed E-state index contributed by atoms with van der Waals surface area (Å²) in [6.45, 7) is 4.79. The van der Waals surface area contributed by atoms with E-state index in [-0.39, 0.29) is 17.9 Å². The average Bonchev–Trinajstić information content (AvgIpc) is 2.43. The molecule has 4 nitrogen and oxygen atoms in total. The molecule has 0 aromatic heterocycles. The molecule has 0 unspecified atom stereocenters. The number of hydrogen-bond donors (Lipinski definition) is 2. The van der Waals surface area contributed by atoms with Crippen LogP contribution in [0.25, 0.3) is 0 Å². The topological polar surface area (TPSA) is 58.6 Å². The largest absolute Gasteiger partial charge is 0.497 e. The van der Waals surface area contributed by atoms with Crippen molar-refractivity contribution in [3.63, 3.8) is 0 Å². The fourth-order valence-electron chi connectivity index (χ4n) is 1.79. The highest BCUT2D eigenvalue weighted by atomic mass is 16.5. The van der Waals surface area contributed by atoms with E-state index in [2.05, 4.69) is 19.2 Å². The Morgan fingerprint density at radius 1 is 1.32 bits per heavy atom. The van der Waals surface area contributed by atoms with Crippen LogP contribution in [0.5, 0.6) is 5.75 Å². The van der Waals surface area contributed by atoms with Gasteiger partial charge in [-0.3, -0.25) is 4.79 Å². The first-order chi connectivity index (χ1) is 8.99. The van der Waals surface area contributed by atoms with Gasteiger partial charge in [0.2, 0.25) is 5.91 Å². The minimum Gasteiger partial charge on any atom is -0.497 e. The minimum absolute atomic E-state index is 0.0179. The molecule has 0 fully saturated rings. The maximum atomic E-state index is 11.5. The lowest BCUT2D eigenvalue weighted by molar-refractivity contribution is -0.121. The SMILES string of the molecule is COc1ccc(C(C)(C)CNC(=O)CCCO)cc1. The van der Waals surface area contributed by atoms with Crippen LogP contribution in [0.1, 0.15) is 32.3 Å². The maximum absolute atomic E-state index is 11.5. The molecule has 0 spiro atoms. The Morgan fingerprint density at radius 2 is 1.95 bits per heavy atom. The van der Waals surface area contributed by atoms with Crippen LogP contribution in [-0.4, -0.2) is 31.3 Å². The summed E-state index contributed by atoms with van der Waals surface area (Å²) in [5, 5.41) is 11.6. The van der Waals surface area contributed by atoms with Gasteiger partial charge in [0.15, 0.2) is 0 Å². The lowest BCUT2D eigenvalue weighted by Gasteiger charge is -2.26. The summed E-state index contributed by atoms with van der Waals surface area (Å²) in [7, 11) is 1.64. The Bertz CT molecular complexity index is 398. The normalized spacial score (nSPS) is 11.2. The number of carbonyl (C=O) groups excluding carboxylic acids is 1. The van der Waals surface area contributed by atoms with Gasteiger partial charge in [0.05, 0.1) is 7.11 Å². The zero-order chi connectivity index (χ0) is 14.3. The summed E-state index contributed by atoms with van der Waals surface area (Å²) in [6, 6.07) is 7.87. The van der Waals surface area contributed by atoms with Gasteiger partial charge in [-0.25, -0.2) is 0 Å². The van der Waals surface area contributed by atoms with Crippen LogP contribution in [0.4, 0.5) is 0 Å². The first-order valence-electron chi connectivity index (χ1n) is 6.51. The van der Waals surface area contributed by atoms with E-state index in [1.807, 2.05) is 24.3 Å². The molecule has 1 aromatic rings. The monoisotopic (exact) mass is 265 g/mol. The Morgan fingerprint density at radius 3 is 2.47 bits per heavy atom. The smallest absolute Gasteiger partial charge is 0.220 e. The number of methoxy groups -OCH3 is 1. The van der Waals surface area contributed by atoms with Gasteiger partial charge in [-0.05, 0) is 24.1 Å². The molecule has 0 radical (unpaired) electrons. The predicted molar refractivity (Wildman–Crippen MR) is 75.3 cm³/mol. The second kappa shape index (κ2) is 7.14. The summed E-state index contributed by atoms with van der Waals surface area (Å²) in [4.78, 5) is 11.5. The Labute approximate surface area is 114 Å². The van der Waals surface area contributed by atoms with E-state index in [4.69, 9.17) is 9.84 Å². The number of aliphatic hydroxyl groups excluding tert-OH is 1. The summed E-state index contributed by atoms with van der Waals surface area (Å²) >= 11 is 0. The van der Waals surface area contributed by atoms with Crippen molar-refractivity contribution in [1.29, 1.82) is 0 Å². The average molecular weight is 265 g/mol. The van der Waals surface area contributed by atoms with E-state index in [1.54, 1.807) is 7.11 Å². The second-order valence-electron chi connectivity index (χ2n) is 5.22. The number of nitrogens with one attached hydrogen (secondary N) is 1. The molecule has 0 bridgehead atoms. The highest BCUT2D eigenvalue weighted by Crippen LogP contribution is 2.24. The summed E-state index contributed by atoms with van der Waals surface area (Å²) < 4.78 is 5.13. The minimum atomic E-state index is -0.138. The van der Waals surface area contributed by atoms with E-state index in [0.29, 0.717) is 19.4 Å². The van der Waals surface area contributed by atoms with Gasteiger partial charge in [0, 0.05) is 25.0 Å². The fraction of sp³-hybridized carbons (Fsp3) is 0.533. The maximum Gasteiger partial charge on any atom is 0.220 e. The summed E-state index contributed by atoms with van der Waals surface area (Å²) in [6.07, 6.45) is 0.879. The van der Waals surface area contributed by atoms with E-state index in [9.17, 15) is 4.79 Å². The van der Waals surface area contributed by atoms with Gasteiger partial charge in [-0.15, -0.1) is 0 Å². The van der Waals surface area contributed by atoms with E-state index in [0.717, 1.165) is 11.3 Å². The molecule has 1 aromatic carbocycles. The number of carbonyl (C=O) groups is 1. The highest BCUT2D eigenvalue weighted by molar-refractivity contribution is 5.75. The molecule has 1 rings (SSSR count). The highest BCUT2D eigenvalue weighted by Gasteiger charge is 2.21. The van der Waals surface area contributed by atoms with Crippen molar-refractivity contribution in [1.82, 2.24) is 5.32 Å². The van der Waals surface area contributed by atoms with Gasteiger partial charge in [0.25, 0.3) is 0 Å². The van der Waals surface area contributed by atoms with Gasteiger partial charge < -0.3 is 15.2 Å². The zero-order valence-corrected chi connectivity index (χ0v) is 11.9. The van der Waals surface area contributed by atoms with Crippen LogP contribution < -0.4 is 10.1 Å². The third-order valence-electron chi connectivity index (χ3n) is 3.16. The number of amides is 1. The van der Waals surface area contributed by atoms with Crippen molar-refractivity contribution in [3.05, 3.63) is 29.8 Å². The molecule has 0 atom stereocenters. The summed E-state index contributed by atoms with van der Waals surface area (Å²) in [5.74, 6) is 0.808. The quantitative estimate of drug-likeness (QED) is 0.791. The lowest BCUT2D eigenvalue weighted by atomic mass is 9.84. The Kier molecular flexibility index (Phi) is 5.83. The lowest BCUT2D eigenvalue weighted by Crippen LogP contribution is -2.36. The van der Waals surface area contributed by atoms with Crippen LogP contribution in [-0.2, 0) is 10.2 Å². The van der Waals surface area contributed by atoms with Crippen molar-refractivity contribution in [2.45, 2.75) is 32.1 Å². The second-order valence-corrected chi connectivity index (χ2v) is 5.22. The molecule has 2 N–H and O–H groups in total. The van der Waals surface area contributed by atoms with E-state index >= 15 is 0 Å².